The zero-order chi connectivity index (χ0) is 14.4. The molecule has 1 aromatic carbocycles. The second kappa shape index (κ2) is 4.08. The molecule has 0 saturated heterocycles. The van der Waals surface area contributed by atoms with Gasteiger partial charge in [0.25, 0.3) is 5.69 Å². The number of carboxylic acids is 1. The highest BCUT2D eigenvalue weighted by Gasteiger charge is 2.24. The fourth-order valence-corrected chi connectivity index (χ4v) is 2.20. The van der Waals surface area contributed by atoms with E-state index in [4.69, 9.17) is 0 Å². The third-order valence-electron chi connectivity index (χ3n) is 2.89. The number of hydrogen-bond acceptors (Lipinski definition) is 3. The van der Waals surface area contributed by atoms with E-state index in [2.05, 4.69) is 0 Å². The highest BCUT2D eigenvalue weighted by Crippen LogP contribution is 2.30. The van der Waals surface area contributed by atoms with Crippen molar-refractivity contribution in [3.63, 3.8) is 0 Å². The van der Waals surface area contributed by atoms with Gasteiger partial charge in [-0.15, -0.1) is 0 Å². The summed E-state index contributed by atoms with van der Waals surface area (Å²) in [6.07, 6.45) is 0. The van der Waals surface area contributed by atoms with Gasteiger partial charge in [-0.2, -0.15) is 0 Å². The van der Waals surface area contributed by atoms with Gasteiger partial charge in [0, 0.05) is 28.6 Å². The molecule has 0 saturated carbocycles. The Hall–Kier alpha value is -2.37. The van der Waals surface area contributed by atoms with Crippen LogP contribution in [0.2, 0.25) is 0 Å². The first kappa shape index (κ1) is 13.1. The van der Waals surface area contributed by atoms with Gasteiger partial charge in [0.2, 0.25) is 0 Å². The number of non-ortho nitro benzene ring substituents is 1. The molecule has 2 aromatic rings. The monoisotopic (exact) mass is 262 g/mol. The Bertz CT molecular complexity index is 680. The van der Waals surface area contributed by atoms with Crippen LogP contribution in [-0.4, -0.2) is 20.6 Å². The molecule has 0 aliphatic heterocycles. The fourth-order valence-electron chi connectivity index (χ4n) is 2.20. The summed E-state index contributed by atoms with van der Waals surface area (Å²) in [5, 5.41) is 20.6. The Balaban J connectivity index is 2.81. The maximum atomic E-state index is 11.3. The van der Waals surface area contributed by atoms with Crippen LogP contribution in [0.15, 0.2) is 24.3 Å². The molecule has 0 aliphatic carbocycles. The lowest BCUT2D eigenvalue weighted by Crippen LogP contribution is -2.25. The van der Waals surface area contributed by atoms with Crippen LogP contribution in [0.1, 0.15) is 31.3 Å². The van der Waals surface area contributed by atoms with Crippen LogP contribution in [0.25, 0.3) is 10.9 Å². The van der Waals surface area contributed by atoms with Crippen LogP contribution in [0.5, 0.6) is 0 Å². The molecule has 0 aliphatic rings. The number of carbonyl (C=O) groups is 1. The predicted octanol–water partition coefficient (Wildman–Crippen LogP) is 3.00. The Morgan fingerprint density at radius 2 is 1.95 bits per heavy atom. The van der Waals surface area contributed by atoms with Crippen molar-refractivity contribution in [1.29, 1.82) is 0 Å². The predicted molar refractivity (Wildman–Crippen MR) is 70.5 cm³/mol. The molecule has 0 bridgehead atoms. The highest BCUT2D eigenvalue weighted by molar-refractivity contribution is 5.95. The minimum atomic E-state index is -1.05. The van der Waals surface area contributed by atoms with E-state index in [9.17, 15) is 20.0 Å². The van der Waals surface area contributed by atoms with Gasteiger partial charge in [-0.25, -0.2) is 4.79 Å². The molecule has 0 amide bonds. The average molecular weight is 262 g/mol. The van der Waals surface area contributed by atoms with E-state index in [1.165, 1.54) is 18.2 Å². The van der Waals surface area contributed by atoms with E-state index >= 15 is 0 Å². The molecule has 2 rings (SSSR count). The molecule has 1 N–H and O–H groups in total. The lowest BCUT2D eigenvalue weighted by atomic mass is 10.1. The maximum Gasteiger partial charge on any atom is 0.352 e. The van der Waals surface area contributed by atoms with Crippen LogP contribution in [-0.2, 0) is 5.54 Å². The number of nitrogens with zero attached hydrogens (tertiary/aromatic N) is 2. The van der Waals surface area contributed by atoms with Crippen LogP contribution in [0, 0.1) is 10.1 Å². The topological polar surface area (TPSA) is 85.4 Å². The summed E-state index contributed by atoms with van der Waals surface area (Å²) in [5.41, 5.74) is 0.333. The van der Waals surface area contributed by atoms with Gasteiger partial charge in [0.05, 0.1) is 4.92 Å². The van der Waals surface area contributed by atoms with Gasteiger partial charge in [-0.05, 0) is 32.9 Å². The first-order chi connectivity index (χ1) is 8.71. The number of carboxylic acid groups (broad SMARTS) is 1. The van der Waals surface area contributed by atoms with Crippen LogP contribution >= 0.6 is 0 Å². The van der Waals surface area contributed by atoms with Crippen LogP contribution < -0.4 is 0 Å². The molecule has 0 atom stereocenters. The molecule has 0 radical (unpaired) electrons. The summed E-state index contributed by atoms with van der Waals surface area (Å²) in [6, 6.07) is 5.83. The van der Waals surface area contributed by atoms with Crippen molar-refractivity contribution in [3.8, 4) is 0 Å². The zero-order valence-electron chi connectivity index (χ0n) is 10.9. The SMILES string of the molecule is CC(C)(C)n1c(C(=O)O)cc2cc([N+](=O)[O-])ccc21. The number of benzene rings is 1. The number of hydrogen-bond donors (Lipinski definition) is 1. The van der Waals surface area contributed by atoms with E-state index in [1.54, 1.807) is 10.6 Å². The third-order valence-corrected chi connectivity index (χ3v) is 2.89. The van der Waals surface area contributed by atoms with Gasteiger partial charge >= 0.3 is 5.97 Å². The first-order valence-electron chi connectivity index (χ1n) is 5.75. The molecule has 100 valence electrons. The molecule has 0 spiro atoms. The van der Waals surface area contributed by atoms with Crippen LogP contribution in [0.4, 0.5) is 5.69 Å². The number of aromatic carboxylic acids is 1. The summed E-state index contributed by atoms with van der Waals surface area (Å²) in [4.78, 5) is 21.6. The Morgan fingerprint density at radius 1 is 1.32 bits per heavy atom. The second-order valence-electron chi connectivity index (χ2n) is 5.34. The van der Waals surface area contributed by atoms with Crippen LogP contribution in [0.3, 0.4) is 0 Å². The quantitative estimate of drug-likeness (QED) is 0.665. The van der Waals surface area contributed by atoms with Gasteiger partial charge in [0.15, 0.2) is 0 Å². The number of nitro benzene ring substituents is 1. The van der Waals surface area contributed by atoms with Crippen molar-refractivity contribution in [1.82, 2.24) is 4.57 Å². The molecule has 1 heterocycles. The number of fused-ring (bicyclic) bond motifs is 1. The van der Waals surface area contributed by atoms with Crippen molar-refractivity contribution >= 4 is 22.6 Å². The van der Waals surface area contributed by atoms with Crippen molar-refractivity contribution in [2.24, 2.45) is 0 Å². The Labute approximate surface area is 109 Å². The van der Waals surface area contributed by atoms with Gasteiger partial charge < -0.3 is 9.67 Å². The number of aromatic nitrogens is 1. The van der Waals surface area contributed by atoms with Gasteiger partial charge in [-0.3, -0.25) is 10.1 Å². The summed E-state index contributed by atoms with van der Waals surface area (Å²) < 4.78 is 1.67. The normalized spacial score (nSPS) is 11.7. The lowest BCUT2D eigenvalue weighted by molar-refractivity contribution is -0.384. The molecule has 6 nitrogen and oxygen atoms in total. The maximum absolute atomic E-state index is 11.3. The van der Waals surface area contributed by atoms with Crippen molar-refractivity contribution in [3.05, 3.63) is 40.1 Å². The molecular formula is C13H14N2O4. The molecular weight excluding hydrogens is 248 g/mol. The molecule has 6 heteroatoms. The second-order valence-corrected chi connectivity index (χ2v) is 5.34. The van der Waals surface area contributed by atoms with Crippen molar-refractivity contribution in [2.45, 2.75) is 26.3 Å². The summed E-state index contributed by atoms with van der Waals surface area (Å²) in [5.74, 6) is -1.05. The standard InChI is InChI=1S/C13H14N2O4/c1-13(2,3)14-10-5-4-9(15(18)19)6-8(10)7-11(14)12(16)17/h4-7H,1-3H3,(H,16,17). The van der Waals surface area contributed by atoms with E-state index in [0.29, 0.717) is 10.9 Å². The first-order valence-corrected chi connectivity index (χ1v) is 5.75. The molecule has 1 aromatic heterocycles. The third kappa shape index (κ3) is 2.16. The number of nitro groups is 1. The van der Waals surface area contributed by atoms with Crippen molar-refractivity contribution < 1.29 is 14.8 Å². The Kier molecular flexibility index (Phi) is 2.81. The molecule has 0 fully saturated rings. The minimum Gasteiger partial charge on any atom is -0.477 e. The summed E-state index contributed by atoms with van der Waals surface area (Å²) >= 11 is 0. The van der Waals surface area contributed by atoms with E-state index < -0.39 is 16.4 Å². The lowest BCUT2D eigenvalue weighted by Gasteiger charge is -2.24. The van der Waals surface area contributed by atoms with Gasteiger partial charge in [-0.1, -0.05) is 0 Å². The van der Waals surface area contributed by atoms with E-state index in [-0.39, 0.29) is 11.4 Å². The van der Waals surface area contributed by atoms with E-state index in [1.807, 2.05) is 20.8 Å². The molecule has 19 heavy (non-hydrogen) atoms. The molecule has 0 unspecified atom stereocenters. The van der Waals surface area contributed by atoms with Gasteiger partial charge in [0.1, 0.15) is 5.69 Å². The highest BCUT2D eigenvalue weighted by atomic mass is 16.6. The summed E-state index contributed by atoms with van der Waals surface area (Å²) in [6.45, 7) is 5.67. The smallest absolute Gasteiger partial charge is 0.352 e. The largest absolute Gasteiger partial charge is 0.477 e. The van der Waals surface area contributed by atoms with E-state index in [0.717, 1.165) is 0 Å². The Morgan fingerprint density at radius 3 is 2.42 bits per heavy atom. The zero-order valence-corrected chi connectivity index (χ0v) is 10.9. The van der Waals surface area contributed by atoms with Crippen molar-refractivity contribution in [2.75, 3.05) is 0 Å². The minimum absolute atomic E-state index is 0.0458. The average Bonchev–Trinajstić information content (AvgIpc) is 2.66. The number of rotatable bonds is 2. The fraction of sp³-hybridized carbons (Fsp3) is 0.308. The summed E-state index contributed by atoms with van der Waals surface area (Å²) in [7, 11) is 0.